The minimum atomic E-state index is -1.26. The molecule has 0 aliphatic carbocycles. The molecule has 0 saturated carbocycles. The third kappa shape index (κ3) is 5.29. The number of fused-ring (bicyclic) bond motifs is 3. The highest BCUT2D eigenvalue weighted by atomic mass is 32.1. The van der Waals surface area contributed by atoms with Gasteiger partial charge >= 0.3 is 23.9 Å². The molecular formula is C27H29NO8S. The number of methoxy groups -OCH3 is 2. The zero-order valence-electron chi connectivity index (χ0n) is 21.0. The molecule has 3 atom stereocenters. The first kappa shape index (κ1) is 27.7. The van der Waals surface area contributed by atoms with Crippen molar-refractivity contribution in [2.45, 2.75) is 31.7 Å². The Hall–Kier alpha value is -3.92. The summed E-state index contributed by atoms with van der Waals surface area (Å²) < 4.78 is 10.5. The second-order valence-corrected chi connectivity index (χ2v) is 9.63. The Labute approximate surface area is 218 Å². The number of benzene rings is 1. The Bertz CT molecular complexity index is 1230. The molecule has 37 heavy (non-hydrogen) atoms. The molecule has 0 amide bonds. The number of nitrogens with zero attached hydrogens (tertiary/aromatic N) is 1. The van der Waals surface area contributed by atoms with E-state index in [0.717, 1.165) is 24.2 Å². The van der Waals surface area contributed by atoms with Crippen molar-refractivity contribution < 1.29 is 38.9 Å². The molecule has 1 aromatic heterocycles. The highest BCUT2D eigenvalue weighted by Crippen LogP contribution is 2.56. The van der Waals surface area contributed by atoms with Crippen molar-refractivity contribution in [3.63, 3.8) is 0 Å². The van der Waals surface area contributed by atoms with Crippen LogP contribution in [0.5, 0.6) is 0 Å². The lowest BCUT2D eigenvalue weighted by atomic mass is 9.64. The van der Waals surface area contributed by atoms with E-state index in [9.17, 15) is 19.2 Å². The van der Waals surface area contributed by atoms with Crippen LogP contribution in [0.2, 0.25) is 0 Å². The third-order valence-corrected chi connectivity index (χ3v) is 7.99. The second kappa shape index (κ2) is 11.4. The van der Waals surface area contributed by atoms with Gasteiger partial charge in [-0.25, -0.2) is 14.4 Å². The summed E-state index contributed by atoms with van der Waals surface area (Å²) in [5, 5.41) is 17.7. The fourth-order valence-electron chi connectivity index (χ4n) is 5.29. The maximum Gasteiger partial charge on any atom is 0.336 e. The second-order valence-electron chi connectivity index (χ2n) is 8.71. The molecule has 10 heteroatoms. The number of carboxylic acids is 2. The summed E-state index contributed by atoms with van der Waals surface area (Å²) in [5.41, 5.74) is 2.98. The van der Waals surface area contributed by atoms with Gasteiger partial charge in [-0.15, -0.1) is 11.3 Å². The molecule has 9 nitrogen and oxygen atoms in total. The smallest absolute Gasteiger partial charge is 0.336 e. The molecule has 2 N–H and O–H groups in total. The molecule has 0 radical (unpaired) electrons. The Morgan fingerprint density at radius 1 is 1.03 bits per heavy atom. The van der Waals surface area contributed by atoms with Crippen LogP contribution in [0.1, 0.15) is 35.8 Å². The number of esters is 2. The number of carboxylic acid groups (broad SMARTS) is 2. The first-order chi connectivity index (χ1) is 17.6. The molecule has 3 heterocycles. The van der Waals surface area contributed by atoms with Crippen LogP contribution >= 0.6 is 11.3 Å². The van der Waals surface area contributed by atoms with E-state index >= 15 is 0 Å². The van der Waals surface area contributed by atoms with E-state index in [2.05, 4.69) is 23.3 Å². The maximum absolute atomic E-state index is 13.3. The van der Waals surface area contributed by atoms with Gasteiger partial charge in [-0.2, -0.15) is 0 Å². The zero-order valence-corrected chi connectivity index (χ0v) is 21.8. The number of hydrogen-bond acceptors (Lipinski definition) is 8. The van der Waals surface area contributed by atoms with Crippen molar-refractivity contribution in [3.05, 3.63) is 81.2 Å². The zero-order chi connectivity index (χ0) is 27.3. The van der Waals surface area contributed by atoms with E-state index in [1.807, 2.05) is 37.3 Å². The summed E-state index contributed by atoms with van der Waals surface area (Å²) in [7, 11) is 2.80. The lowest BCUT2D eigenvalue weighted by Crippen LogP contribution is -2.59. The molecule has 2 aliphatic heterocycles. The molecular weight excluding hydrogens is 498 g/mol. The number of hydrogen-bond donors (Lipinski definition) is 2. The minimum Gasteiger partial charge on any atom is -0.478 e. The van der Waals surface area contributed by atoms with Gasteiger partial charge in [0, 0.05) is 35.2 Å². The SMILES string of the molecule is COC(=O)C1=C(C)N2CCc3ccsc3C2(C)C(C(=O)OC)C1c1ccccc1.O=C(O)/C=C\C(=O)O. The Morgan fingerprint density at radius 2 is 1.65 bits per heavy atom. The number of rotatable bonds is 5. The van der Waals surface area contributed by atoms with Gasteiger partial charge in [-0.3, -0.25) is 4.79 Å². The molecule has 0 fully saturated rings. The maximum atomic E-state index is 13.3. The Balaban J connectivity index is 0.000000414. The molecule has 0 bridgehead atoms. The molecule has 1 aromatic carbocycles. The van der Waals surface area contributed by atoms with Crippen molar-refractivity contribution in [1.82, 2.24) is 4.90 Å². The first-order valence-electron chi connectivity index (χ1n) is 11.5. The van der Waals surface area contributed by atoms with Crippen molar-refractivity contribution >= 4 is 35.2 Å². The van der Waals surface area contributed by atoms with Gasteiger partial charge in [-0.1, -0.05) is 30.3 Å². The average Bonchev–Trinajstić information content (AvgIpc) is 3.37. The van der Waals surface area contributed by atoms with Gasteiger partial charge in [0.1, 0.15) is 0 Å². The average molecular weight is 528 g/mol. The van der Waals surface area contributed by atoms with Crippen molar-refractivity contribution in [3.8, 4) is 0 Å². The fraction of sp³-hybridized carbons (Fsp3) is 0.333. The van der Waals surface area contributed by atoms with E-state index in [1.54, 1.807) is 11.3 Å². The van der Waals surface area contributed by atoms with Gasteiger partial charge in [0.05, 0.1) is 31.2 Å². The number of thiophene rings is 1. The van der Waals surface area contributed by atoms with Crippen molar-refractivity contribution in [2.24, 2.45) is 5.92 Å². The van der Waals surface area contributed by atoms with Gasteiger partial charge < -0.3 is 24.6 Å². The number of ether oxygens (including phenoxy) is 2. The van der Waals surface area contributed by atoms with Gasteiger partial charge in [0.25, 0.3) is 0 Å². The first-order valence-corrected chi connectivity index (χ1v) is 12.4. The predicted octanol–water partition coefficient (Wildman–Crippen LogP) is 3.57. The largest absolute Gasteiger partial charge is 0.478 e. The van der Waals surface area contributed by atoms with Crippen LogP contribution in [0.25, 0.3) is 0 Å². The lowest BCUT2D eigenvalue weighted by Gasteiger charge is -2.55. The van der Waals surface area contributed by atoms with Crippen molar-refractivity contribution in [2.75, 3.05) is 20.8 Å². The summed E-state index contributed by atoms with van der Waals surface area (Å²) >= 11 is 1.67. The van der Waals surface area contributed by atoms with Crippen LogP contribution in [0.3, 0.4) is 0 Å². The van der Waals surface area contributed by atoms with E-state index in [0.29, 0.717) is 17.7 Å². The monoisotopic (exact) mass is 527 g/mol. The topological polar surface area (TPSA) is 130 Å². The third-order valence-electron chi connectivity index (χ3n) is 6.80. The summed E-state index contributed by atoms with van der Waals surface area (Å²) in [6, 6.07) is 11.9. The van der Waals surface area contributed by atoms with Crippen LogP contribution in [0.15, 0.2) is 65.2 Å². The summed E-state index contributed by atoms with van der Waals surface area (Å²) in [5.74, 6) is -4.26. The molecule has 2 aromatic rings. The number of allylic oxidation sites excluding steroid dienone is 1. The van der Waals surface area contributed by atoms with Crippen molar-refractivity contribution in [1.29, 1.82) is 0 Å². The Kier molecular flexibility index (Phi) is 8.54. The van der Waals surface area contributed by atoms with Crippen LogP contribution in [-0.2, 0) is 40.6 Å². The highest BCUT2D eigenvalue weighted by Gasteiger charge is 2.58. The van der Waals surface area contributed by atoms with Gasteiger partial charge in [-0.05, 0) is 42.8 Å². The van der Waals surface area contributed by atoms with Crippen LogP contribution < -0.4 is 0 Å². The van der Waals surface area contributed by atoms with E-state index in [1.165, 1.54) is 24.7 Å². The molecule has 0 saturated heterocycles. The van der Waals surface area contributed by atoms with E-state index in [4.69, 9.17) is 19.7 Å². The van der Waals surface area contributed by atoms with Crippen LogP contribution in [0, 0.1) is 5.92 Å². The highest BCUT2D eigenvalue weighted by molar-refractivity contribution is 7.10. The Morgan fingerprint density at radius 3 is 2.19 bits per heavy atom. The standard InChI is InChI=1S/C23H25NO4S.C4H4O4/c1-14-17(21(25)27-3)18(15-8-6-5-7-9-15)19(22(26)28-4)23(2)20-16(11-13-29-20)10-12-24(14)23;5-3(6)1-2-4(7)8/h5-9,11,13,18-19H,10,12H2,1-4H3;1-2H,(H,5,6)(H,7,8)/b;2-1-. The predicted molar refractivity (Wildman–Crippen MR) is 136 cm³/mol. The molecule has 3 unspecified atom stereocenters. The summed E-state index contributed by atoms with van der Waals surface area (Å²) in [6.45, 7) is 4.81. The number of carbonyl (C=O) groups is 4. The molecule has 0 spiro atoms. The summed E-state index contributed by atoms with van der Waals surface area (Å²) in [6.07, 6.45) is 1.99. The van der Waals surface area contributed by atoms with E-state index < -0.39 is 35.3 Å². The molecule has 196 valence electrons. The normalized spacial score (nSPS) is 22.3. The van der Waals surface area contributed by atoms with Crippen LogP contribution in [0.4, 0.5) is 0 Å². The lowest BCUT2D eigenvalue weighted by molar-refractivity contribution is -0.154. The molecule has 4 rings (SSSR count). The van der Waals surface area contributed by atoms with Crippen LogP contribution in [-0.4, -0.2) is 59.8 Å². The minimum absolute atomic E-state index is 0.318. The number of carbonyl (C=O) groups excluding carboxylic acids is 2. The van der Waals surface area contributed by atoms with Gasteiger partial charge in [0.15, 0.2) is 0 Å². The van der Waals surface area contributed by atoms with E-state index in [-0.39, 0.29) is 5.97 Å². The van der Waals surface area contributed by atoms with Gasteiger partial charge in [0.2, 0.25) is 0 Å². The fourth-order valence-corrected chi connectivity index (χ4v) is 6.46. The number of aliphatic carboxylic acids is 2. The summed E-state index contributed by atoms with van der Waals surface area (Å²) in [4.78, 5) is 48.7. The quantitative estimate of drug-likeness (QED) is 0.443. The molecule has 2 aliphatic rings.